The number of hydrogen-bond acceptors (Lipinski definition) is 4. The van der Waals surface area contributed by atoms with Crippen LogP contribution >= 0.6 is 0 Å². The Bertz CT molecular complexity index is 441. The Morgan fingerprint density at radius 3 is 1.95 bits per heavy atom. The first-order chi connectivity index (χ1) is 9.14. The molecule has 1 rings (SSSR count). The summed E-state index contributed by atoms with van der Waals surface area (Å²) >= 11 is 0. The largest absolute Gasteiger partial charge is 0.496 e. The number of benzene rings is 1. The number of methoxy groups -OCH3 is 3. The van der Waals surface area contributed by atoms with Gasteiger partial charge >= 0.3 is 0 Å². The summed E-state index contributed by atoms with van der Waals surface area (Å²) in [6.45, 7) is 5.11. The van der Waals surface area contributed by atoms with Crippen molar-refractivity contribution in [3.05, 3.63) is 17.7 Å². The van der Waals surface area contributed by atoms with E-state index < -0.39 is 0 Å². The molecule has 0 saturated heterocycles. The minimum absolute atomic E-state index is 0.127. The topological polar surface area (TPSA) is 48.0 Å². The van der Waals surface area contributed by atoms with Gasteiger partial charge in [-0.05, 0) is 26.0 Å². The Kier molecular flexibility index (Phi) is 5.48. The number of rotatable bonds is 6. The van der Waals surface area contributed by atoms with Gasteiger partial charge in [0.25, 0.3) is 5.91 Å². The number of carbonyl (C=O) groups excluding carboxylic acids is 1. The second-order valence-corrected chi connectivity index (χ2v) is 3.86. The van der Waals surface area contributed by atoms with E-state index in [4.69, 9.17) is 14.2 Å². The third-order valence-electron chi connectivity index (χ3n) is 2.99. The zero-order chi connectivity index (χ0) is 14.4. The minimum atomic E-state index is -0.127. The molecule has 19 heavy (non-hydrogen) atoms. The van der Waals surface area contributed by atoms with E-state index in [0.29, 0.717) is 35.9 Å². The maximum atomic E-state index is 12.5. The lowest BCUT2D eigenvalue weighted by Crippen LogP contribution is -2.31. The first-order valence-electron chi connectivity index (χ1n) is 6.22. The van der Waals surface area contributed by atoms with Crippen LogP contribution in [-0.2, 0) is 0 Å². The van der Waals surface area contributed by atoms with E-state index >= 15 is 0 Å². The molecule has 0 aromatic heterocycles. The van der Waals surface area contributed by atoms with Gasteiger partial charge in [-0.2, -0.15) is 0 Å². The smallest absolute Gasteiger partial charge is 0.261 e. The Balaban J connectivity index is 3.40. The van der Waals surface area contributed by atoms with Crippen LogP contribution in [0.2, 0.25) is 0 Å². The maximum absolute atomic E-state index is 12.5. The van der Waals surface area contributed by atoms with E-state index in [9.17, 15) is 4.79 Å². The van der Waals surface area contributed by atoms with Crippen molar-refractivity contribution in [2.75, 3.05) is 34.4 Å². The van der Waals surface area contributed by atoms with Crippen molar-refractivity contribution in [3.8, 4) is 17.2 Å². The van der Waals surface area contributed by atoms with Gasteiger partial charge in [0, 0.05) is 13.1 Å². The number of hydrogen-bond donors (Lipinski definition) is 0. The molecule has 0 fully saturated rings. The highest BCUT2D eigenvalue weighted by Crippen LogP contribution is 2.37. The molecule has 0 atom stereocenters. The second-order valence-electron chi connectivity index (χ2n) is 3.86. The molecule has 0 aliphatic heterocycles. The quantitative estimate of drug-likeness (QED) is 0.792. The van der Waals surface area contributed by atoms with Crippen LogP contribution in [0.5, 0.6) is 17.2 Å². The lowest BCUT2D eigenvalue weighted by molar-refractivity contribution is 0.0765. The van der Waals surface area contributed by atoms with Crippen LogP contribution in [0, 0.1) is 0 Å². The van der Waals surface area contributed by atoms with Crippen LogP contribution < -0.4 is 14.2 Å². The molecule has 0 spiro atoms. The summed E-state index contributed by atoms with van der Waals surface area (Å²) in [7, 11) is 4.58. The summed E-state index contributed by atoms with van der Waals surface area (Å²) < 4.78 is 15.8. The predicted octanol–water partition coefficient (Wildman–Crippen LogP) is 2.19. The fourth-order valence-corrected chi connectivity index (χ4v) is 1.95. The molecule has 1 aromatic carbocycles. The Morgan fingerprint density at radius 1 is 1.00 bits per heavy atom. The van der Waals surface area contributed by atoms with E-state index in [1.54, 1.807) is 17.0 Å². The number of carbonyl (C=O) groups is 1. The third kappa shape index (κ3) is 2.92. The van der Waals surface area contributed by atoms with Crippen LogP contribution in [0.4, 0.5) is 0 Å². The van der Waals surface area contributed by atoms with Gasteiger partial charge in [-0.25, -0.2) is 0 Å². The van der Waals surface area contributed by atoms with E-state index in [-0.39, 0.29) is 5.91 Å². The molecule has 1 amide bonds. The van der Waals surface area contributed by atoms with Gasteiger partial charge in [0.05, 0.1) is 21.3 Å². The molecule has 0 N–H and O–H groups in total. The minimum Gasteiger partial charge on any atom is -0.496 e. The predicted molar refractivity (Wildman–Crippen MR) is 73.3 cm³/mol. The molecule has 0 aliphatic carbocycles. The Labute approximate surface area is 114 Å². The lowest BCUT2D eigenvalue weighted by atomic mass is 10.1. The van der Waals surface area contributed by atoms with Crippen molar-refractivity contribution >= 4 is 5.91 Å². The first kappa shape index (κ1) is 15.1. The van der Waals surface area contributed by atoms with Crippen molar-refractivity contribution in [3.63, 3.8) is 0 Å². The normalized spacial score (nSPS) is 9.95. The van der Waals surface area contributed by atoms with Gasteiger partial charge in [-0.15, -0.1) is 0 Å². The van der Waals surface area contributed by atoms with E-state index in [1.165, 1.54) is 21.3 Å². The van der Waals surface area contributed by atoms with Gasteiger partial charge in [0.1, 0.15) is 11.3 Å². The zero-order valence-corrected chi connectivity index (χ0v) is 12.1. The number of nitrogens with zero attached hydrogens (tertiary/aromatic N) is 1. The van der Waals surface area contributed by atoms with Crippen molar-refractivity contribution in [1.29, 1.82) is 0 Å². The number of amides is 1. The molecule has 1 aromatic rings. The van der Waals surface area contributed by atoms with Crippen molar-refractivity contribution in [2.45, 2.75) is 13.8 Å². The van der Waals surface area contributed by atoms with Crippen LogP contribution in [0.15, 0.2) is 12.1 Å². The SMILES string of the molecule is CCN(CC)C(=O)c1c(OC)ccc(OC)c1OC. The summed E-state index contributed by atoms with van der Waals surface area (Å²) in [5.74, 6) is 1.27. The van der Waals surface area contributed by atoms with Crippen molar-refractivity contribution in [2.24, 2.45) is 0 Å². The Morgan fingerprint density at radius 2 is 1.53 bits per heavy atom. The standard InChI is InChI=1S/C14H21NO4/c1-6-15(7-2)14(16)12-10(17-3)8-9-11(18-4)13(12)19-5/h8-9H,6-7H2,1-5H3. The fourth-order valence-electron chi connectivity index (χ4n) is 1.95. The molecule has 0 aliphatic rings. The lowest BCUT2D eigenvalue weighted by Gasteiger charge is -2.22. The average Bonchev–Trinajstić information content (AvgIpc) is 2.46. The third-order valence-corrected chi connectivity index (χ3v) is 2.99. The molecule has 5 heteroatoms. The summed E-state index contributed by atoms with van der Waals surface area (Å²) in [6, 6.07) is 3.43. The highest BCUT2D eigenvalue weighted by molar-refractivity contribution is 6.00. The van der Waals surface area contributed by atoms with Gasteiger partial charge in [0.15, 0.2) is 11.5 Å². The van der Waals surface area contributed by atoms with Crippen molar-refractivity contribution in [1.82, 2.24) is 4.90 Å². The van der Waals surface area contributed by atoms with Gasteiger partial charge in [0.2, 0.25) is 0 Å². The van der Waals surface area contributed by atoms with Gasteiger partial charge in [-0.3, -0.25) is 4.79 Å². The average molecular weight is 267 g/mol. The highest BCUT2D eigenvalue weighted by Gasteiger charge is 2.25. The Hall–Kier alpha value is -1.91. The van der Waals surface area contributed by atoms with Crippen LogP contribution in [-0.4, -0.2) is 45.2 Å². The van der Waals surface area contributed by atoms with Crippen molar-refractivity contribution < 1.29 is 19.0 Å². The van der Waals surface area contributed by atoms with Gasteiger partial charge in [-0.1, -0.05) is 0 Å². The molecule has 0 unspecified atom stereocenters. The second kappa shape index (κ2) is 6.87. The molecule has 0 saturated carbocycles. The number of ether oxygens (including phenoxy) is 3. The molecular weight excluding hydrogens is 246 g/mol. The summed E-state index contributed by atoms with van der Waals surface area (Å²) in [6.07, 6.45) is 0. The summed E-state index contributed by atoms with van der Waals surface area (Å²) in [5.41, 5.74) is 0.396. The van der Waals surface area contributed by atoms with Crippen LogP contribution in [0.3, 0.4) is 0 Å². The molecular formula is C14H21NO4. The van der Waals surface area contributed by atoms with E-state index in [0.717, 1.165) is 0 Å². The summed E-state index contributed by atoms with van der Waals surface area (Å²) in [5, 5.41) is 0. The molecule has 0 bridgehead atoms. The van der Waals surface area contributed by atoms with Gasteiger partial charge < -0.3 is 19.1 Å². The highest BCUT2D eigenvalue weighted by atomic mass is 16.5. The first-order valence-corrected chi connectivity index (χ1v) is 6.22. The molecule has 0 radical (unpaired) electrons. The monoisotopic (exact) mass is 267 g/mol. The molecule has 106 valence electrons. The van der Waals surface area contributed by atoms with Crippen LogP contribution in [0.1, 0.15) is 24.2 Å². The van der Waals surface area contributed by atoms with E-state index in [2.05, 4.69) is 0 Å². The van der Waals surface area contributed by atoms with E-state index in [1.807, 2.05) is 13.8 Å². The summed E-state index contributed by atoms with van der Waals surface area (Å²) in [4.78, 5) is 14.3. The fraction of sp³-hybridized carbons (Fsp3) is 0.500. The molecule has 0 heterocycles. The molecule has 5 nitrogen and oxygen atoms in total. The van der Waals surface area contributed by atoms with Crippen LogP contribution in [0.25, 0.3) is 0 Å². The zero-order valence-electron chi connectivity index (χ0n) is 12.1. The maximum Gasteiger partial charge on any atom is 0.261 e.